The van der Waals surface area contributed by atoms with Crippen LogP contribution in [0.25, 0.3) is 0 Å². The van der Waals surface area contributed by atoms with E-state index >= 15 is 0 Å². The molecule has 4 nitrogen and oxygen atoms in total. The van der Waals surface area contributed by atoms with Crippen LogP contribution in [0.4, 0.5) is 0 Å². The van der Waals surface area contributed by atoms with Crippen LogP contribution in [0.5, 0.6) is 11.5 Å². The summed E-state index contributed by atoms with van der Waals surface area (Å²) in [6, 6.07) is 6.02. The van der Waals surface area contributed by atoms with Crippen molar-refractivity contribution < 1.29 is 14.6 Å². The van der Waals surface area contributed by atoms with E-state index in [1.165, 1.54) is 6.42 Å². The molecule has 116 valence electrons. The molecule has 1 aliphatic carbocycles. The molecule has 4 heteroatoms. The maximum Gasteiger partial charge on any atom is 0.165 e. The van der Waals surface area contributed by atoms with Gasteiger partial charge in [-0.3, -0.25) is 0 Å². The van der Waals surface area contributed by atoms with E-state index < -0.39 is 5.60 Å². The summed E-state index contributed by atoms with van der Waals surface area (Å²) in [5.41, 5.74) is 0.579. The lowest BCUT2D eigenvalue weighted by atomic mass is 9.85. The fourth-order valence-corrected chi connectivity index (χ4v) is 3.21. The second-order valence-corrected chi connectivity index (χ2v) is 6.18. The van der Waals surface area contributed by atoms with Crippen molar-refractivity contribution in [3.63, 3.8) is 0 Å². The summed E-state index contributed by atoms with van der Waals surface area (Å²) in [5.74, 6) is 1.70. The van der Waals surface area contributed by atoms with Gasteiger partial charge < -0.3 is 19.9 Å². The highest BCUT2D eigenvalue weighted by atomic mass is 16.5. The molecule has 21 heavy (non-hydrogen) atoms. The molecule has 3 rings (SSSR count). The molecule has 1 aliphatic heterocycles. The third kappa shape index (κ3) is 3.69. The Bertz CT molecular complexity index is 469. The third-order valence-electron chi connectivity index (χ3n) is 4.41. The van der Waals surface area contributed by atoms with E-state index in [1.807, 2.05) is 12.1 Å². The quantitative estimate of drug-likeness (QED) is 0.895. The zero-order valence-corrected chi connectivity index (χ0v) is 12.6. The third-order valence-corrected chi connectivity index (χ3v) is 4.41. The van der Waals surface area contributed by atoms with Gasteiger partial charge in [0.25, 0.3) is 0 Å². The van der Waals surface area contributed by atoms with Crippen molar-refractivity contribution >= 4 is 0 Å². The van der Waals surface area contributed by atoms with E-state index in [-0.39, 0.29) is 0 Å². The minimum absolute atomic E-state index is 0.526. The molecule has 1 heterocycles. The van der Waals surface area contributed by atoms with Gasteiger partial charge in [-0.15, -0.1) is 0 Å². The van der Waals surface area contributed by atoms with Crippen molar-refractivity contribution in [1.82, 2.24) is 5.32 Å². The smallest absolute Gasteiger partial charge is 0.165 e. The second kappa shape index (κ2) is 6.67. The molecule has 1 fully saturated rings. The topological polar surface area (TPSA) is 50.7 Å². The van der Waals surface area contributed by atoms with Crippen LogP contribution in [0.15, 0.2) is 18.2 Å². The minimum atomic E-state index is -0.526. The maximum atomic E-state index is 10.5. The number of para-hydroxylation sites is 1. The lowest BCUT2D eigenvalue weighted by molar-refractivity contribution is 0.00463. The van der Waals surface area contributed by atoms with Crippen molar-refractivity contribution in [1.29, 1.82) is 0 Å². The number of fused-ring (bicyclic) bond motifs is 1. The first-order valence-corrected chi connectivity index (χ1v) is 8.07. The van der Waals surface area contributed by atoms with Crippen molar-refractivity contribution in [3.05, 3.63) is 23.8 Å². The molecule has 1 aromatic rings. The molecule has 0 saturated heterocycles. The van der Waals surface area contributed by atoms with Crippen LogP contribution >= 0.6 is 0 Å². The van der Waals surface area contributed by atoms with Crippen LogP contribution in [0.2, 0.25) is 0 Å². The summed E-state index contributed by atoms with van der Waals surface area (Å²) in [4.78, 5) is 0. The van der Waals surface area contributed by atoms with E-state index in [2.05, 4.69) is 11.4 Å². The summed E-state index contributed by atoms with van der Waals surface area (Å²) < 4.78 is 11.5. The van der Waals surface area contributed by atoms with Crippen molar-refractivity contribution in [2.75, 3.05) is 19.8 Å². The standard InChI is InChI=1S/C17H25NO3/c19-17(8-2-1-3-9-17)13-18-12-14-6-4-7-15-16(14)21-11-5-10-20-15/h4,6-7,18-19H,1-3,5,8-13H2. The zero-order valence-electron chi connectivity index (χ0n) is 12.6. The van der Waals surface area contributed by atoms with Crippen LogP contribution in [0.3, 0.4) is 0 Å². The Morgan fingerprint density at radius 1 is 1.05 bits per heavy atom. The number of hydrogen-bond donors (Lipinski definition) is 2. The number of ether oxygens (including phenoxy) is 2. The number of rotatable bonds is 4. The molecule has 1 saturated carbocycles. The monoisotopic (exact) mass is 291 g/mol. The Morgan fingerprint density at radius 3 is 2.71 bits per heavy atom. The number of hydrogen-bond acceptors (Lipinski definition) is 4. The minimum Gasteiger partial charge on any atom is -0.490 e. The van der Waals surface area contributed by atoms with E-state index in [4.69, 9.17) is 9.47 Å². The molecule has 0 amide bonds. The number of nitrogens with one attached hydrogen (secondary N) is 1. The van der Waals surface area contributed by atoms with Gasteiger partial charge in [0.15, 0.2) is 11.5 Å². The predicted molar refractivity (Wildman–Crippen MR) is 81.8 cm³/mol. The molecule has 0 unspecified atom stereocenters. The van der Waals surface area contributed by atoms with Gasteiger partial charge in [0, 0.05) is 25.1 Å². The van der Waals surface area contributed by atoms with Crippen LogP contribution < -0.4 is 14.8 Å². The summed E-state index contributed by atoms with van der Waals surface area (Å²) in [6.07, 6.45) is 6.26. The van der Waals surface area contributed by atoms with Gasteiger partial charge in [0.1, 0.15) is 0 Å². The van der Waals surface area contributed by atoms with Crippen LogP contribution in [-0.2, 0) is 6.54 Å². The molecule has 0 atom stereocenters. The lowest BCUT2D eigenvalue weighted by Gasteiger charge is -2.32. The number of aliphatic hydroxyl groups is 1. The summed E-state index contributed by atoms with van der Waals surface area (Å²) in [5, 5.41) is 13.9. The summed E-state index contributed by atoms with van der Waals surface area (Å²) in [6.45, 7) is 2.77. The maximum absolute atomic E-state index is 10.5. The Kier molecular flexibility index (Phi) is 4.66. The first-order chi connectivity index (χ1) is 10.3. The Hall–Kier alpha value is -1.26. The van der Waals surface area contributed by atoms with Crippen molar-refractivity contribution in [2.24, 2.45) is 0 Å². The predicted octanol–water partition coefficient (Wildman–Crippen LogP) is 2.63. The molecule has 0 radical (unpaired) electrons. The van der Waals surface area contributed by atoms with Crippen LogP contribution in [-0.4, -0.2) is 30.5 Å². The second-order valence-electron chi connectivity index (χ2n) is 6.18. The van der Waals surface area contributed by atoms with Gasteiger partial charge in [0.05, 0.1) is 18.8 Å². The first-order valence-electron chi connectivity index (χ1n) is 8.07. The molecule has 0 spiro atoms. The highest BCUT2D eigenvalue weighted by Gasteiger charge is 2.28. The normalized spacial score (nSPS) is 20.8. The van der Waals surface area contributed by atoms with Gasteiger partial charge in [-0.05, 0) is 18.9 Å². The average molecular weight is 291 g/mol. The van der Waals surface area contributed by atoms with E-state index in [9.17, 15) is 5.11 Å². The van der Waals surface area contributed by atoms with E-state index in [0.717, 1.165) is 49.2 Å². The van der Waals surface area contributed by atoms with E-state index in [0.29, 0.717) is 26.3 Å². The largest absolute Gasteiger partial charge is 0.490 e. The molecule has 2 N–H and O–H groups in total. The highest BCUT2D eigenvalue weighted by Crippen LogP contribution is 2.33. The molecular weight excluding hydrogens is 266 g/mol. The van der Waals surface area contributed by atoms with Gasteiger partial charge in [-0.2, -0.15) is 0 Å². The zero-order chi connectivity index (χ0) is 14.5. The molecule has 0 bridgehead atoms. The van der Waals surface area contributed by atoms with Gasteiger partial charge >= 0.3 is 0 Å². The highest BCUT2D eigenvalue weighted by molar-refractivity contribution is 5.47. The summed E-state index contributed by atoms with van der Waals surface area (Å²) >= 11 is 0. The average Bonchev–Trinajstić information content (AvgIpc) is 2.74. The van der Waals surface area contributed by atoms with Gasteiger partial charge in [0.2, 0.25) is 0 Å². The Balaban J connectivity index is 1.60. The summed E-state index contributed by atoms with van der Waals surface area (Å²) in [7, 11) is 0. The fraction of sp³-hybridized carbons (Fsp3) is 0.647. The van der Waals surface area contributed by atoms with Crippen LogP contribution in [0, 0.1) is 0 Å². The Labute approximate surface area is 126 Å². The van der Waals surface area contributed by atoms with Crippen molar-refractivity contribution in [2.45, 2.75) is 50.7 Å². The lowest BCUT2D eigenvalue weighted by Crippen LogP contribution is -2.41. The fourth-order valence-electron chi connectivity index (χ4n) is 3.21. The van der Waals surface area contributed by atoms with Crippen LogP contribution in [0.1, 0.15) is 44.1 Å². The molecular formula is C17H25NO3. The SMILES string of the molecule is OC1(CNCc2cccc3c2OCCCO3)CCCCC1. The Morgan fingerprint density at radius 2 is 1.86 bits per heavy atom. The molecule has 2 aliphatic rings. The first kappa shape index (κ1) is 14.7. The van der Waals surface area contributed by atoms with Crippen molar-refractivity contribution in [3.8, 4) is 11.5 Å². The van der Waals surface area contributed by atoms with Gasteiger partial charge in [-0.25, -0.2) is 0 Å². The number of benzene rings is 1. The van der Waals surface area contributed by atoms with Gasteiger partial charge in [-0.1, -0.05) is 31.4 Å². The molecule has 0 aromatic heterocycles. The molecule has 1 aromatic carbocycles. The van der Waals surface area contributed by atoms with E-state index in [1.54, 1.807) is 0 Å².